The van der Waals surface area contributed by atoms with Crippen LogP contribution in [0.3, 0.4) is 0 Å². The lowest BCUT2D eigenvalue weighted by molar-refractivity contribution is 0.405. The summed E-state index contributed by atoms with van der Waals surface area (Å²) in [6, 6.07) is 2.93. The molecule has 1 aromatic carbocycles. The van der Waals surface area contributed by atoms with E-state index in [1.54, 1.807) is 7.11 Å². The zero-order valence-corrected chi connectivity index (χ0v) is 7.93. The van der Waals surface area contributed by atoms with Crippen LogP contribution in [0.4, 0.5) is 4.39 Å². The number of hydrogen-bond acceptors (Lipinski definition) is 2. The van der Waals surface area contributed by atoms with Crippen LogP contribution in [0.1, 0.15) is 11.1 Å². The van der Waals surface area contributed by atoms with Crippen molar-refractivity contribution in [2.75, 3.05) is 13.7 Å². The Bertz CT molecular complexity index is 299. The average Bonchev–Trinajstić information content (AvgIpc) is 2.04. The van der Waals surface area contributed by atoms with E-state index in [-0.39, 0.29) is 5.82 Å². The summed E-state index contributed by atoms with van der Waals surface area (Å²) in [5, 5.41) is 0. The summed E-state index contributed by atoms with van der Waals surface area (Å²) in [5.41, 5.74) is 7.05. The lowest BCUT2D eigenvalue weighted by atomic mass is 10.1. The molecule has 1 rings (SSSR count). The first-order chi connectivity index (χ1) is 6.19. The monoisotopic (exact) mass is 183 g/mol. The Hall–Kier alpha value is -1.09. The van der Waals surface area contributed by atoms with Crippen LogP contribution in [0, 0.1) is 12.7 Å². The standard InChI is InChI=1S/C10H14FNO/c1-7-5-9(11)6-8(3-4-12)10(7)13-2/h5-6H,3-4,12H2,1-2H3. The van der Waals surface area contributed by atoms with Gasteiger partial charge in [-0.3, -0.25) is 0 Å². The summed E-state index contributed by atoms with van der Waals surface area (Å²) in [4.78, 5) is 0. The van der Waals surface area contributed by atoms with Gasteiger partial charge in [0.15, 0.2) is 0 Å². The number of nitrogens with two attached hydrogens (primary N) is 1. The highest BCUT2D eigenvalue weighted by Crippen LogP contribution is 2.24. The van der Waals surface area contributed by atoms with Crippen molar-refractivity contribution < 1.29 is 9.13 Å². The largest absolute Gasteiger partial charge is 0.496 e. The van der Waals surface area contributed by atoms with E-state index in [4.69, 9.17) is 10.5 Å². The van der Waals surface area contributed by atoms with E-state index in [1.807, 2.05) is 6.92 Å². The fourth-order valence-corrected chi connectivity index (χ4v) is 1.43. The smallest absolute Gasteiger partial charge is 0.125 e. The molecule has 0 saturated heterocycles. The number of rotatable bonds is 3. The molecule has 1 aromatic rings. The molecule has 0 fully saturated rings. The number of methoxy groups -OCH3 is 1. The first-order valence-corrected chi connectivity index (χ1v) is 4.22. The third-order valence-electron chi connectivity index (χ3n) is 1.93. The van der Waals surface area contributed by atoms with E-state index in [2.05, 4.69) is 0 Å². The van der Waals surface area contributed by atoms with Gasteiger partial charge in [-0.2, -0.15) is 0 Å². The lowest BCUT2D eigenvalue weighted by Crippen LogP contribution is -2.05. The summed E-state index contributed by atoms with van der Waals surface area (Å²) in [7, 11) is 1.58. The predicted octanol–water partition coefficient (Wildman–Crippen LogP) is 1.64. The average molecular weight is 183 g/mol. The Balaban J connectivity index is 3.13. The molecule has 3 heteroatoms. The van der Waals surface area contributed by atoms with Gasteiger partial charge in [-0.25, -0.2) is 4.39 Å². The minimum Gasteiger partial charge on any atom is -0.496 e. The highest BCUT2D eigenvalue weighted by atomic mass is 19.1. The fraction of sp³-hybridized carbons (Fsp3) is 0.400. The maximum absolute atomic E-state index is 13.0. The van der Waals surface area contributed by atoms with Crippen LogP contribution >= 0.6 is 0 Å². The molecular formula is C10H14FNO. The second-order valence-corrected chi connectivity index (χ2v) is 2.95. The second kappa shape index (κ2) is 4.23. The zero-order valence-electron chi connectivity index (χ0n) is 7.93. The van der Waals surface area contributed by atoms with Gasteiger partial charge in [-0.1, -0.05) is 0 Å². The lowest BCUT2D eigenvalue weighted by Gasteiger charge is -2.10. The van der Waals surface area contributed by atoms with Crippen molar-refractivity contribution in [3.8, 4) is 5.75 Å². The molecule has 0 heterocycles. The molecule has 0 aliphatic rings. The Morgan fingerprint density at radius 3 is 2.69 bits per heavy atom. The molecule has 0 unspecified atom stereocenters. The van der Waals surface area contributed by atoms with E-state index >= 15 is 0 Å². The number of hydrogen-bond donors (Lipinski definition) is 1. The Morgan fingerprint density at radius 1 is 1.46 bits per heavy atom. The van der Waals surface area contributed by atoms with E-state index in [1.165, 1.54) is 12.1 Å². The number of ether oxygens (including phenoxy) is 1. The molecule has 0 aliphatic carbocycles. The summed E-state index contributed by atoms with van der Waals surface area (Å²) < 4.78 is 18.1. The normalized spacial score (nSPS) is 10.2. The van der Waals surface area contributed by atoms with Crippen LogP contribution in [-0.2, 0) is 6.42 Å². The molecule has 0 amide bonds. The van der Waals surface area contributed by atoms with Crippen LogP contribution < -0.4 is 10.5 Å². The molecule has 2 nitrogen and oxygen atoms in total. The number of halogens is 1. The van der Waals surface area contributed by atoms with Crippen LogP contribution in [0.2, 0.25) is 0 Å². The van der Waals surface area contributed by atoms with Gasteiger partial charge < -0.3 is 10.5 Å². The molecule has 0 spiro atoms. The van der Waals surface area contributed by atoms with Gasteiger partial charge in [-0.05, 0) is 43.1 Å². The van der Waals surface area contributed by atoms with Crippen molar-refractivity contribution in [2.24, 2.45) is 5.73 Å². The molecule has 0 aromatic heterocycles. The highest BCUT2D eigenvalue weighted by Gasteiger charge is 2.07. The van der Waals surface area contributed by atoms with Crippen LogP contribution in [0.5, 0.6) is 5.75 Å². The third kappa shape index (κ3) is 2.18. The predicted molar refractivity (Wildman–Crippen MR) is 50.4 cm³/mol. The van der Waals surface area contributed by atoms with Gasteiger partial charge in [0.2, 0.25) is 0 Å². The topological polar surface area (TPSA) is 35.2 Å². The molecule has 0 bridgehead atoms. The zero-order chi connectivity index (χ0) is 9.84. The van der Waals surface area contributed by atoms with Crippen molar-refractivity contribution in [1.82, 2.24) is 0 Å². The molecule has 72 valence electrons. The van der Waals surface area contributed by atoms with Gasteiger partial charge in [0.25, 0.3) is 0 Å². The van der Waals surface area contributed by atoms with Crippen molar-refractivity contribution >= 4 is 0 Å². The maximum Gasteiger partial charge on any atom is 0.125 e. The first kappa shape index (κ1) is 9.99. The third-order valence-corrected chi connectivity index (χ3v) is 1.93. The van der Waals surface area contributed by atoms with Crippen molar-refractivity contribution in [3.05, 3.63) is 29.1 Å². The Morgan fingerprint density at radius 2 is 2.15 bits per heavy atom. The SMILES string of the molecule is COc1c(C)cc(F)cc1CCN. The number of aryl methyl sites for hydroxylation is 1. The molecule has 0 atom stereocenters. The second-order valence-electron chi connectivity index (χ2n) is 2.95. The van der Waals surface area contributed by atoms with E-state index in [9.17, 15) is 4.39 Å². The summed E-state index contributed by atoms with van der Waals surface area (Å²) in [6.07, 6.45) is 0.641. The molecule has 0 aliphatic heterocycles. The Kier molecular flexibility index (Phi) is 3.25. The van der Waals surface area contributed by atoms with E-state index < -0.39 is 0 Å². The molecule has 0 saturated carbocycles. The van der Waals surface area contributed by atoms with E-state index in [0.717, 1.165) is 16.9 Å². The van der Waals surface area contributed by atoms with E-state index in [0.29, 0.717) is 13.0 Å². The van der Waals surface area contributed by atoms with Gasteiger partial charge in [-0.15, -0.1) is 0 Å². The van der Waals surface area contributed by atoms with Gasteiger partial charge in [0.1, 0.15) is 11.6 Å². The van der Waals surface area contributed by atoms with Gasteiger partial charge >= 0.3 is 0 Å². The summed E-state index contributed by atoms with van der Waals surface area (Å²) in [5.74, 6) is 0.508. The molecular weight excluding hydrogens is 169 g/mol. The van der Waals surface area contributed by atoms with Crippen molar-refractivity contribution in [3.63, 3.8) is 0 Å². The quantitative estimate of drug-likeness (QED) is 0.773. The van der Waals surface area contributed by atoms with Crippen molar-refractivity contribution in [1.29, 1.82) is 0 Å². The highest BCUT2D eigenvalue weighted by molar-refractivity contribution is 5.41. The first-order valence-electron chi connectivity index (χ1n) is 4.22. The van der Waals surface area contributed by atoms with Crippen molar-refractivity contribution in [2.45, 2.75) is 13.3 Å². The summed E-state index contributed by atoms with van der Waals surface area (Å²) >= 11 is 0. The van der Waals surface area contributed by atoms with Crippen LogP contribution in [0.15, 0.2) is 12.1 Å². The van der Waals surface area contributed by atoms with Gasteiger partial charge in [0.05, 0.1) is 7.11 Å². The van der Waals surface area contributed by atoms with Gasteiger partial charge in [0, 0.05) is 0 Å². The minimum absolute atomic E-state index is 0.234. The van der Waals surface area contributed by atoms with Crippen LogP contribution in [0.25, 0.3) is 0 Å². The minimum atomic E-state index is -0.234. The molecule has 13 heavy (non-hydrogen) atoms. The summed E-state index contributed by atoms with van der Waals surface area (Å²) in [6.45, 7) is 2.32. The fourth-order valence-electron chi connectivity index (χ4n) is 1.43. The Labute approximate surface area is 77.5 Å². The van der Waals surface area contributed by atoms with Crippen LogP contribution in [-0.4, -0.2) is 13.7 Å². The molecule has 0 radical (unpaired) electrons. The maximum atomic E-state index is 13.0. The number of benzene rings is 1. The molecule has 2 N–H and O–H groups in total.